The van der Waals surface area contributed by atoms with Gasteiger partial charge in [-0.1, -0.05) is 38.0 Å². The molecule has 0 aromatic heterocycles. The molecule has 0 aliphatic heterocycles. The first kappa shape index (κ1) is 18.2. The first-order valence-electron chi connectivity index (χ1n) is 8.41. The highest BCUT2D eigenvalue weighted by atomic mass is 19.1. The Morgan fingerprint density at radius 1 is 1.29 bits per heavy atom. The molecule has 5 heteroatoms. The highest BCUT2D eigenvalue weighted by Crippen LogP contribution is 2.23. The first-order chi connectivity index (χ1) is 11.5. The van der Waals surface area contributed by atoms with E-state index in [2.05, 4.69) is 12.2 Å². The highest BCUT2D eigenvalue weighted by molar-refractivity contribution is 5.90. The number of benzene rings is 1. The van der Waals surface area contributed by atoms with Gasteiger partial charge in [0.1, 0.15) is 5.82 Å². The molecule has 4 nitrogen and oxygen atoms in total. The smallest absolute Gasteiger partial charge is 0.331 e. The van der Waals surface area contributed by atoms with Crippen LogP contribution in [0.25, 0.3) is 6.08 Å². The molecule has 1 aliphatic rings. The number of esters is 1. The van der Waals surface area contributed by atoms with Crippen molar-refractivity contribution in [3.05, 3.63) is 41.7 Å². The number of carbonyl (C=O) groups is 2. The summed E-state index contributed by atoms with van der Waals surface area (Å²) in [6, 6.07) is 6.26. The van der Waals surface area contributed by atoms with Gasteiger partial charge in [0.05, 0.1) is 0 Å². The van der Waals surface area contributed by atoms with Crippen LogP contribution in [0.1, 0.15) is 45.1 Å². The van der Waals surface area contributed by atoms with Crippen LogP contribution in [0.4, 0.5) is 4.39 Å². The predicted molar refractivity (Wildman–Crippen MR) is 90.6 cm³/mol. The Morgan fingerprint density at radius 3 is 2.71 bits per heavy atom. The second-order valence-corrected chi connectivity index (χ2v) is 6.31. The van der Waals surface area contributed by atoms with Crippen LogP contribution >= 0.6 is 0 Å². The van der Waals surface area contributed by atoms with Crippen molar-refractivity contribution in [3.63, 3.8) is 0 Å². The predicted octanol–water partition coefficient (Wildman–Crippen LogP) is 3.47. The van der Waals surface area contributed by atoms with Crippen LogP contribution in [0, 0.1) is 11.7 Å². The largest absolute Gasteiger partial charge is 0.449 e. The van der Waals surface area contributed by atoms with Gasteiger partial charge in [-0.25, -0.2) is 9.18 Å². The Hall–Kier alpha value is -2.17. The third kappa shape index (κ3) is 5.18. The Bertz CT molecular complexity index is 614. The van der Waals surface area contributed by atoms with Crippen molar-refractivity contribution in [2.24, 2.45) is 5.92 Å². The number of nitrogens with one attached hydrogen (secondary N) is 1. The highest BCUT2D eigenvalue weighted by Gasteiger charge is 2.25. The SMILES string of the molecule is C[C@@H]1CCCC[C@@H]1NC(=O)[C@@H](C)OC(=O)/C=C/c1ccccc1F. The topological polar surface area (TPSA) is 55.4 Å². The summed E-state index contributed by atoms with van der Waals surface area (Å²) in [5.41, 5.74) is 0.294. The van der Waals surface area contributed by atoms with E-state index in [0.29, 0.717) is 11.5 Å². The number of ether oxygens (including phenoxy) is 1. The third-order valence-corrected chi connectivity index (χ3v) is 4.41. The van der Waals surface area contributed by atoms with Crippen molar-refractivity contribution < 1.29 is 18.7 Å². The summed E-state index contributed by atoms with van der Waals surface area (Å²) in [6.07, 6.45) is 5.95. The molecular formula is C19H24FNO3. The second kappa shape index (κ2) is 8.62. The van der Waals surface area contributed by atoms with Crippen LogP contribution in [0.15, 0.2) is 30.3 Å². The van der Waals surface area contributed by atoms with E-state index in [4.69, 9.17) is 4.74 Å². The standard InChI is InChI=1S/C19H24FNO3/c1-13-7-3-6-10-17(13)21-19(23)14(2)24-18(22)12-11-15-8-4-5-9-16(15)20/h4-5,8-9,11-14,17H,3,6-7,10H2,1-2H3,(H,21,23)/b12-11+/t13-,14-,17+/m1/s1. The molecule has 130 valence electrons. The molecule has 1 saturated carbocycles. The van der Waals surface area contributed by atoms with Gasteiger partial charge in [0.25, 0.3) is 5.91 Å². The molecule has 1 aliphatic carbocycles. The summed E-state index contributed by atoms with van der Waals surface area (Å²) >= 11 is 0. The van der Waals surface area contributed by atoms with Crippen LogP contribution in [-0.2, 0) is 14.3 Å². The fourth-order valence-electron chi connectivity index (χ4n) is 2.87. The molecule has 0 bridgehead atoms. The number of hydrogen-bond donors (Lipinski definition) is 1. The molecule has 1 fully saturated rings. The molecule has 1 amide bonds. The van der Waals surface area contributed by atoms with Crippen molar-refractivity contribution in [3.8, 4) is 0 Å². The zero-order chi connectivity index (χ0) is 17.5. The van der Waals surface area contributed by atoms with Gasteiger partial charge in [-0.3, -0.25) is 4.79 Å². The molecule has 3 atom stereocenters. The average Bonchev–Trinajstić information content (AvgIpc) is 2.56. The van der Waals surface area contributed by atoms with Gasteiger partial charge in [-0.2, -0.15) is 0 Å². The fraction of sp³-hybridized carbons (Fsp3) is 0.474. The number of carbonyl (C=O) groups excluding carboxylic acids is 2. The normalized spacial score (nSPS) is 22.1. The van der Waals surface area contributed by atoms with Crippen molar-refractivity contribution in [2.45, 2.75) is 51.7 Å². The maximum Gasteiger partial charge on any atom is 0.331 e. The molecule has 0 heterocycles. The third-order valence-electron chi connectivity index (χ3n) is 4.41. The summed E-state index contributed by atoms with van der Waals surface area (Å²) in [4.78, 5) is 23.9. The lowest BCUT2D eigenvalue weighted by Crippen LogP contribution is -2.45. The van der Waals surface area contributed by atoms with Crippen molar-refractivity contribution in [1.82, 2.24) is 5.32 Å². The quantitative estimate of drug-likeness (QED) is 0.663. The summed E-state index contributed by atoms with van der Waals surface area (Å²) < 4.78 is 18.6. The zero-order valence-electron chi connectivity index (χ0n) is 14.1. The Labute approximate surface area is 142 Å². The molecule has 0 saturated heterocycles. The van der Waals surface area contributed by atoms with Gasteiger partial charge < -0.3 is 10.1 Å². The van der Waals surface area contributed by atoms with Crippen LogP contribution in [0.3, 0.4) is 0 Å². The van der Waals surface area contributed by atoms with Gasteiger partial charge in [0, 0.05) is 17.7 Å². The molecular weight excluding hydrogens is 309 g/mol. The molecule has 24 heavy (non-hydrogen) atoms. The van der Waals surface area contributed by atoms with E-state index < -0.39 is 17.9 Å². The Balaban J connectivity index is 1.84. The molecule has 0 spiro atoms. The minimum absolute atomic E-state index is 0.140. The number of rotatable bonds is 5. The number of halogens is 1. The Kier molecular flexibility index (Phi) is 6.53. The lowest BCUT2D eigenvalue weighted by atomic mass is 9.86. The van der Waals surface area contributed by atoms with Gasteiger partial charge >= 0.3 is 5.97 Å². The molecule has 2 rings (SSSR count). The molecule has 0 unspecified atom stereocenters. The van der Waals surface area contributed by atoms with Crippen molar-refractivity contribution in [1.29, 1.82) is 0 Å². The number of amides is 1. The zero-order valence-corrected chi connectivity index (χ0v) is 14.1. The first-order valence-corrected chi connectivity index (χ1v) is 8.41. The van der Waals surface area contributed by atoms with Crippen molar-refractivity contribution in [2.75, 3.05) is 0 Å². The van der Waals surface area contributed by atoms with E-state index in [9.17, 15) is 14.0 Å². The van der Waals surface area contributed by atoms with E-state index in [1.807, 2.05) is 0 Å². The summed E-state index contributed by atoms with van der Waals surface area (Å²) in [5.74, 6) is -0.941. The minimum atomic E-state index is -0.878. The maximum absolute atomic E-state index is 13.5. The van der Waals surface area contributed by atoms with E-state index in [0.717, 1.165) is 25.3 Å². The molecule has 0 radical (unpaired) electrons. The second-order valence-electron chi connectivity index (χ2n) is 6.31. The summed E-state index contributed by atoms with van der Waals surface area (Å²) in [7, 11) is 0. The molecule has 1 aromatic rings. The minimum Gasteiger partial charge on any atom is -0.449 e. The average molecular weight is 333 g/mol. The van der Waals surface area contributed by atoms with E-state index in [1.165, 1.54) is 25.5 Å². The van der Waals surface area contributed by atoms with Crippen LogP contribution < -0.4 is 5.32 Å². The van der Waals surface area contributed by atoms with Crippen LogP contribution in [-0.4, -0.2) is 24.0 Å². The fourth-order valence-corrected chi connectivity index (χ4v) is 2.87. The maximum atomic E-state index is 13.5. The van der Waals surface area contributed by atoms with Gasteiger partial charge in [0.15, 0.2) is 6.10 Å². The van der Waals surface area contributed by atoms with E-state index in [-0.39, 0.29) is 11.9 Å². The van der Waals surface area contributed by atoms with Gasteiger partial charge in [-0.05, 0) is 37.8 Å². The van der Waals surface area contributed by atoms with E-state index >= 15 is 0 Å². The van der Waals surface area contributed by atoms with Crippen LogP contribution in [0.5, 0.6) is 0 Å². The van der Waals surface area contributed by atoms with E-state index in [1.54, 1.807) is 18.2 Å². The molecule has 1 N–H and O–H groups in total. The van der Waals surface area contributed by atoms with Crippen molar-refractivity contribution >= 4 is 18.0 Å². The monoisotopic (exact) mass is 333 g/mol. The summed E-state index contributed by atoms with van der Waals surface area (Å²) in [6.45, 7) is 3.66. The van der Waals surface area contributed by atoms with Crippen LogP contribution in [0.2, 0.25) is 0 Å². The summed E-state index contributed by atoms with van der Waals surface area (Å²) in [5, 5.41) is 2.96. The lowest BCUT2D eigenvalue weighted by molar-refractivity contribution is -0.150. The number of hydrogen-bond acceptors (Lipinski definition) is 3. The van der Waals surface area contributed by atoms with Gasteiger partial charge in [-0.15, -0.1) is 0 Å². The Morgan fingerprint density at radius 2 is 2.00 bits per heavy atom. The van der Waals surface area contributed by atoms with Gasteiger partial charge in [0.2, 0.25) is 0 Å². The molecule has 1 aromatic carbocycles. The lowest BCUT2D eigenvalue weighted by Gasteiger charge is -2.30.